The number of aryl methyl sites for hydroxylation is 4. The van der Waals surface area contributed by atoms with Crippen LogP contribution in [0.2, 0.25) is 0 Å². The number of aromatic nitrogens is 2. The molecule has 0 aliphatic heterocycles. The maximum Gasteiger partial charge on any atom is 2.00 e. The number of ether oxygens (including phenoxy) is 4. The van der Waals surface area contributed by atoms with Crippen molar-refractivity contribution in [2.75, 3.05) is 26.4 Å². The van der Waals surface area contributed by atoms with E-state index in [-0.39, 0.29) is 149 Å². The molecule has 2 atom stereocenters. The number of para-hydroxylation sites is 6. The van der Waals surface area contributed by atoms with E-state index in [1.165, 1.54) is 22.3 Å². The van der Waals surface area contributed by atoms with Crippen LogP contribution in [0.5, 0.6) is 46.0 Å². The van der Waals surface area contributed by atoms with Crippen molar-refractivity contribution in [3.8, 4) is 124 Å². The molecule has 4 N–H and O–H groups in total. The number of fused-ring (bicyclic) bond motifs is 6. The SMILES string of the molecule is Cc1cc(-c2cc(C(C)(C)C)cc(C(C)(C)C)c2)c(O)c(-c2cc(C(C)(C)C)ccc2OCCCOc2ccc(C(C)(C)C)cc2-c2cc(C)cc(-c3cc(C(C)(C)C)cc(C(C)(C)C)c3)c2O)c1.Cc1cc(-c2ccccc2OC[C@@H]2CCCC[C@H]2COc2ccccc2-c2cc(C)cc(-n3c4ccccc4c4ccccc43)c2O)c(O)c(-n2c3ccccc3c3ccccc32)c1.[CH3-].[CH3-].[CH3-].[CH3-].[Hf].[Zr+2]. The number of benzene rings is 14. The van der Waals surface area contributed by atoms with E-state index in [9.17, 15) is 20.4 Å². The monoisotopic (exact) mass is 2100 g/mol. The number of hydrogen-bond acceptors (Lipinski definition) is 8. The van der Waals surface area contributed by atoms with Crippen molar-refractivity contribution in [3.05, 3.63) is 352 Å². The molecule has 0 saturated heterocycles. The van der Waals surface area contributed by atoms with E-state index >= 15 is 0 Å². The molecule has 2 aromatic heterocycles. The first-order valence-electron chi connectivity index (χ1n) is 47.7. The quantitative estimate of drug-likeness (QED) is 0.0338. The summed E-state index contributed by atoms with van der Waals surface area (Å²) in [5.74, 6) is 4.42. The molecule has 2 heterocycles. The second kappa shape index (κ2) is 43.9. The molecule has 722 valence electrons. The average Bonchev–Trinajstić information content (AvgIpc) is 1.57. The smallest absolute Gasteiger partial charge is 0.507 e. The number of phenols is 4. The number of nitrogens with zero attached hydrogens (tertiary/aromatic N) is 2. The molecule has 0 unspecified atom stereocenters. The Bertz CT molecular complexity index is 6470. The van der Waals surface area contributed by atoms with Gasteiger partial charge in [-0.15, -0.1) is 0 Å². The van der Waals surface area contributed by atoms with Crippen molar-refractivity contribution in [2.45, 2.75) is 217 Å². The normalized spacial score (nSPS) is 13.5. The number of aromatic hydroxyl groups is 4. The Balaban J connectivity index is 0.000000275. The van der Waals surface area contributed by atoms with Crippen molar-refractivity contribution in [2.24, 2.45) is 11.8 Å². The minimum Gasteiger partial charge on any atom is -0.507 e. The van der Waals surface area contributed by atoms with Crippen LogP contribution in [0.4, 0.5) is 0 Å². The minimum atomic E-state index is -0.120. The third-order valence-corrected chi connectivity index (χ3v) is 27.0. The van der Waals surface area contributed by atoms with Crippen LogP contribution in [-0.2, 0) is 84.5 Å². The van der Waals surface area contributed by atoms with E-state index in [4.69, 9.17) is 18.9 Å². The van der Waals surface area contributed by atoms with Crippen molar-refractivity contribution >= 4 is 43.6 Å². The van der Waals surface area contributed by atoms with Gasteiger partial charge in [0.05, 0.1) is 59.9 Å². The maximum absolute atomic E-state index is 12.4. The summed E-state index contributed by atoms with van der Waals surface area (Å²) < 4.78 is 31.3. The fourth-order valence-electron chi connectivity index (χ4n) is 19.2. The summed E-state index contributed by atoms with van der Waals surface area (Å²) in [6.45, 7) is 50.5. The van der Waals surface area contributed by atoms with Gasteiger partial charge in [-0.1, -0.05) is 295 Å². The molecule has 0 bridgehead atoms. The van der Waals surface area contributed by atoms with Gasteiger partial charge >= 0.3 is 26.2 Å². The van der Waals surface area contributed by atoms with Gasteiger partial charge in [0.25, 0.3) is 0 Å². The van der Waals surface area contributed by atoms with E-state index in [2.05, 4.69) is 380 Å². The summed E-state index contributed by atoms with van der Waals surface area (Å²) in [6.07, 6.45) is 5.00. The van der Waals surface area contributed by atoms with Gasteiger partial charge in [0.1, 0.15) is 46.0 Å². The largest absolute Gasteiger partial charge is 2.00 e. The number of phenolic OH excluding ortho intramolecular Hbond substituents is 4. The van der Waals surface area contributed by atoms with Crippen molar-refractivity contribution in [1.29, 1.82) is 0 Å². The Morgan fingerprint density at radius 1 is 0.266 bits per heavy atom. The molecule has 0 spiro atoms. The van der Waals surface area contributed by atoms with Crippen LogP contribution in [0.25, 0.3) is 122 Å². The van der Waals surface area contributed by atoms with Gasteiger partial charge < -0.3 is 78.2 Å². The van der Waals surface area contributed by atoms with E-state index < -0.39 is 0 Å². The fraction of sp³-hybridized carbons (Fsp3) is 0.307. The predicted molar refractivity (Wildman–Crippen MR) is 583 cm³/mol. The van der Waals surface area contributed by atoms with Crippen LogP contribution < -0.4 is 18.9 Å². The van der Waals surface area contributed by atoms with Gasteiger partial charge in [-0.2, -0.15) is 0 Å². The Hall–Kier alpha value is -11.2. The molecule has 1 aliphatic rings. The average molecular weight is 2100 g/mol. The topological polar surface area (TPSA) is 128 Å². The summed E-state index contributed by atoms with van der Waals surface area (Å²) >= 11 is 0. The number of rotatable bonds is 20. The molecule has 1 aliphatic carbocycles. The molecule has 17 rings (SSSR count). The first-order valence-corrected chi connectivity index (χ1v) is 47.7. The molecule has 0 radical (unpaired) electrons. The molecular weight excluding hydrogens is 1950 g/mol. The molecule has 14 aromatic carbocycles. The Morgan fingerprint density at radius 2 is 0.525 bits per heavy atom. The third kappa shape index (κ3) is 23.5. The van der Waals surface area contributed by atoms with E-state index in [1.807, 2.05) is 48.5 Å². The van der Waals surface area contributed by atoms with E-state index in [0.29, 0.717) is 44.3 Å². The zero-order valence-corrected chi connectivity index (χ0v) is 93.3. The Labute approximate surface area is 868 Å². The minimum absolute atomic E-state index is 0. The van der Waals surface area contributed by atoms with Crippen LogP contribution in [0.1, 0.15) is 212 Å². The van der Waals surface area contributed by atoms with Crippen LogP contribution >= 0.6 is 0 Å². The van der Waals surface area contributed by atoms with Crippen molar-refractivity contribution < 1.29 is 91.4 Å². The third-order valence-electron chi connectivity index (χ3n) is 27.0. The number of hydrogen-bond donors (Lipinski definition) is 4. The summed E-state index contributed by atoms with van der Waals surface area (Å²) in [5, 5.41) is 53.7. The fourth-order valence-corrected chi connectivity index (χ4v) is 19.2. The maximum atomic E-state index is 12.4. The van der Waals surface area contributed by atoms with Crippen molar-refractivity contribution in [3.63, 3.8) is 0 Å². The van der Waals surface area contributed by atoms with Gasteiger partial charge in [-0.05, 0) is 261 Å². The van der Waals surface area contributed by atoms with Crippen LogP contribution in [-0.4, -0.2) is 56.0 Å². The van der Waals surface area contributed by atoms with Gasteiger partial charge in [-0.25, -0.2) is 0 Å². The van der Waals surface area contributed by atoms with Crippen molar-refractivity contribution in [1.82, 2.24) is 9.13 Å². The van der Waals surface area contributed by atoms with Gasteiger partial charge in [0.2, 0.25) is 0 Å². The van der Waals surface area contributed by atoms with Crippen LogP contribution in [0, 0.1) is 69.2 Å². The Kier molecular flexibility index (Phi) is 34.7. The molecule has 1 saturated carbocycles. The second-order valence-electron chi connectivity index (χ2n) is 43.5. The van der Waals surface area contributed by atoms with Crippen LogP contribution in [0.3, 0.4) is 0 Å². The van der Waals surface area contributed by atoms with E-state index in [1.54, 1.807) is 0 Å². The Morgan fingerprint density at radius 3 is 0.827 bits per heavy atom. The molecule has 139 heavy (non-hydrogen) atoms. The zero-order valence-electron chi connectivity index (χ0n) is 87.2. The van der Waals surface area contributed by atoms with Crippen LogP contribution in [0.15, 0.2) is 267 Å². The molecule has 16 aromatic rings. The predicted octanol–water partition coefficient (Wildman–Crippen LogP) is 34.3. The summed E-state index contributed by atoms with van der Waals surface area (Å²) in [5.41, 5.74) is 26.8. The zero-order chi connectivity index (χ0) is 94.7. The summed E-state index contributed by atoms with van der Waals surface area (Å²) in [6, 6.07) is 92.7. The molecule has 10 nitrogen and oxygen atoms in total. The first-order chi connectivity index (χ1) is 63.0. The van der Waals surface area contributed by atoms with Gasteiger partial charge in [-0.3, -0.25) is 0 Å². The molecule has 12 heteroatoms. The molecule has 1 fully saturated rings. The van der Waals surface area contributed by atoms with Gasteiger partial charge in [0, 0.05) is 109 Å². The summed E-state index contributed by atoms with van der Waals surface area (Å²) in [4.78, 5) is 0. The standard InChI is InChI=1S/C65H84O4.C58H50N2O4.4CH3.Hf.Zr/c1-40-28-50(42-32-46(62(9,10)11)36-47(33-42)63(12,13)14)58(66)54(30-40)52-38-44(60(3,4)5)22-24-56(52)68-26-21-27-69-57-25-23-45(61(6,7)8)39-53(57)55-31-41(2)29-51(59(55)67)43-34-48(64(15,16)17)37-49(35-43)65(18,19)20;1-37-31-47(57(61)53(33-37)59-49-25-11-5-19-41(49)42-20-6-12-26-50(42)59)45-23-9-15-29-55(45)63-35-39-17-3-4-18-40(39)36-64-56-30-16-10-24-46(56)48-32-38(2)34-54(58(48)62)60-51-27-13-7-21-43(51)44-22-8-14-28-52(44)60;;;;;;/h22-25,28-39,66-67H,21,26-27H2,1-20H3;5-16,19-34,39-40,61-62H,3-4,17-18,35-36H2,1-2H3;4*1H3;;/q;;4*-1;;+2/t;39-,40-;;;;;;/m.0....../s1. The summed E-state index contributed by atoms with van der Waals surface area (Å²) in [7, 11) is 0. The molecule has 0 amide bonds. The van der Waals surface area contributed by atoms with Gasteiger partial charge in [0.15, 0.2) is 0 Å². The second-order valence-corrected chi connectivity index (χ2v) is 43.5. The van der Waals surface area contributed by atoms with E-state index in [0.717, 1.165) is 192 Å². The molecular formula is C127H146HfN2O8Zr-2. The first kappa shape index (κ1) is 110.